The minimum atomic E-state index is -0.842. The number of nitrogens with zero attached hydrogens (tertiary/aromatic N) is 2. The van der Waals surface area contributed by atoms with Gasteiger partial charge in [0, 0.05) is 23.1 Å². The van der Waals surface area contributed by atoms with Crippen LogP contribution in [0.2, 0.25) is 10.0 Å². The Kier molecular flexibility index (Phi) is 4.98. The lowest BCUT2D eigenvalue weighted by molar-refractivity contribution is -0.739. The topological polar surface area (TPSA) is 80.1 Å². The van der Waals surface area contributed by atoms with Crippen molar-refractivity contribution in [1.82, 2.24) is 5.10 Å². The van der Waals surface area contributed by atoms with Crippen LogP contribution in [-0.4, -0.2) is 16.2 Å². The number of anilines is 1. The highest BCUT2D eigenvalue weighted by molar-refractivity contribution is 6.36. The Balaban J connectivity index is 2.27. The number of carbonyl (C=O) groups is 1. The molecule has 0 aliphatic carbocycles. The largest absolute Gasteiger partial charge is 0.481 e. The Labute approximate surface area is 131 Å². The van der Waals surface area contributed by atoms with Gasteiger partial charge in [0.15, 0.2) is 0 Å². The number of hydrogen-bond acceptors (Lipinski definition) is 3. The molecule has 21 heavy (non-hydrogen) atoms. The number of carboxylic acids is 1. The number of rotatable bonds is 5. The number of halogens is 2. The number of nitrogen functional groups attached to an aromatic ring is 1. The van der Waals surface area contributed by atoms with E-state index in [0.717, 1.165) is 5.56 Å². The third-order valence-corrected chi connectivity index (χ3v) is 3.45. The molecule has 5 nitrogen and oxygen atoms in total. The average molecular weight is 327 g/mol. The minimum absolute atomic E-state index is 0.0695. The number of nitrogens with two attached hydrogens (primary N) is 1. The van der Waals surface area contributed by atoms with Crippen molar-refractivity contribution in [2.75, 3.05) is 5.73 Å². The van der Waals surface area contributed by atoms with Gasteiger partial charge in [-0.15, -0.1) is 4.68 Å². The monoisotopic (exact) mass is 326 g/mol. The number of aliphatic carboxylic acids is 1. The van der Waals surface area contributed by atoms with Gasteiger partial charge in [0.2, 0.25) is 0 Å². The molecule has 0 saturated heterocycles. The Morgan fingerprint density at radius 1 is 1.29 bits per heavy atom. The summed E-state index contributed by atoms with van der Waals surface area (Å²) in [6, 6.07) is 8.64. The van der Waals surface area contributed by atoms with E-state index in [1.165, 1.54) is 0 Å². The minimum Gasteiger partial charge on any atom is -0.481 e. The van der Waals surface area contributed by atoms with Crippen LogP contribution in [0, 0.1) is 0 Å². The zero-order chi connectivity index (χ0) is 15.4. The van der Waals surface area contributed by atoms with Crippen molar-refractivity contribution in [3.05, 3.63) is 40.4 Å². The van der Waals surface area contributed by atoms with Crippen molar-refractivity contribution in [2.24, 2.45) is 0 Å². The van der Waals surface area contributed by atoms with E-state index in [-0.39, 0.29) is 6.42 Å². The van der Waals surface area contributed by atoms with Crippen LogP contribution in [0.25, 0.3) is 11.3 Å². The van der Waals surface area contributed by atoms with Crippen LogP contribution in [-0.2, 0) is 11.3 Å². The summed E-state index contributed by atoms with van der Waals surface area (Å²) in [6.07, 6.45) is 0.523. The normalized spacial score (nSPS) is 10.6. The van der Waals surface area contributed by atoms with Crippen molar-refractivity contribution >= 4 is 35.0 Å². The van der Waals surface area contributed by atoms with Crippen LogP contribution in [0.4, 0.5) is 5.82 Å². The van der Waals surface area contributed by atoms with E-state index in [4.69, 9.17) is 34.0 Å². The molecule has 1 aromatic carbocycles. The van der Waals surface area contributed by atoms with Crippen LogP contribution in [0.15, 0.2) is 30.3 Å². The molecule has 110 valence electrons. The van der Waals surface area contributed by atoms with E-state index in [1.54, 1.807) is 35.0 Å². The van der Waals surface area contributed by atoms with Gasteiger partial charge >= 0.3 is 5.97 Å². The molecule has 0 aliphatic heterocycles. The van der Waals surface area contributed by atoms with Gasteiger partial charge in [-0.2, -0.15) is 0 Å². The summed E-state index contributed by atoms with van der Waals surface area (Å²) in [6.45, 7) is 0.428. The third kappa shape index (κ3) is 4.06. The molecule has 0 radical (unpaired) electrons. The molecule has 0 atom stereocenters. The SMILES string of the molecule is Nc1ccc(-c2ccc(Cl)cc2Cl)n[n+]1CCCC(=O)O. The van der Waals surface area contributed by atoms with Crippen molar-refractivity contribution in [1.29, 1.82) is 0 Å². The van der Waals surface area contributed by atoms with E-state index in [1.807, 2.05) is 0 Å². The standard InChI is InChI=1S/C14H13Cl2N3O2/c15-9-3-4-10(11(16)8-9)12-5-6-13(17)19(18-12)7-1-2-14(20)21/h3-6,8,17H,1-2,7H2,(H,20,21)/p+1. The second-order valence-corrected chi connectivity index (χ2v) is 5.33. The van der Waals surface area contributed by atoms with Crippen molar-refractivity contribution < 1.29 is 14.6 Å². The van der Waals surface area contributed by atoms with E-state index >= 15 is 0 Å². The lowest BCUT2D eigenvalue weighted by Crippen LogP contribution is -2.41. The quantitative estimate of drug-likeness (QED) is 0.828. The first kappa shape index (κ1) is 15.5. The summed E-state index contributed by atoms with van der Waals surface area (Å²) in [5.41, 5.74) is 7.24. The van der Waals surface area contributed by atoms with E-state index in [9.17, 15) is 4.79 Å². The molecule has 0 aliphatic rings. The molecule has 0 saturated carbocycles. The van der Waals surface area contributed by atoms with E-state index in [0.29, 0.717) is 34.5 Å². The van der Waals surface area contributed by atoms with Crippen LogP contribution < -0.4 is 10.4 Å². The molecule has 0 fully saturated rings. The predicted octanol–water partition coefficient (Wildman–Crippen LogP) is 2.79. The molecule has 2 rings (SSSR count). The summed E-state index contributed by atoms with van der Waals surface area (Å²) < 4.78 is 1.57. The number of hydrogen-bond donors (Lipinski definition) is 2. The smallest absolute Gasteiger partial charge is 0.303 e. The second kappa shape index (κ2) is 6.74. The Hall–Kier alpha value is -1.85. The molecule has 2 aromatic rings. The number of aryl methyl sites for hydroxylation is 1. The van der Waals surface area contributed by atoms with Crippen LogP contribution >= 0.6 is 23.2 Å². The van der Waals surface area contributed by atoms with Crippen molar-refractivity contribution in [3.8, 4) is 11.3 Å². The fraction of sp³-hybridized carbons (Fsp3) is 0.214. The number of carboxylic acid groups (broad SMARTS) is 1. The molecule has 0 spiro atoms. The Morgan fingerprint density at radius 2 is 2.05 bits per heavy atom. The van der Waals surface area contributed by atoms with Crippen LogP contribution in [0.5, 0.6) is 0 Å². The first-order chi connectivity index (χ1) is 9.97. The van der Waals surface area contributed by atoms with Crippen molar-refractivity contribution in [3.63, 3.8) is 0 Å². The lowest BCUT2D eigenvalue weighted by atomic mass is 10.1. The van der Waals surface area contributed by atoms with Gasteiger partial charge in [-0.25, -0.2) is 0 Å². The third-order valence-electron chi connectivity index (χ3n) is 2.91. The van der Waals surface area contributed by atoms with Gasteiger partial charge in [0.25, 0.3) is 5.82 Å². The molecule has 7 heteroatoms. The van der Waals surface area contributed by atoms with Gasteiger partial charge in [0.05, 0.1) is 5.02 Å². The zero-order valence-electron chi connectivity index (χ0n) is 11.1. The van der Waals surface area contributed by atoms with Crippen LogP contribution in [0.3, 0.4) is 0 Å². The predicted molar refractivity (Wildman–Crippen MR) is 81.2 cm³/mol. The molecule has 0 unspecified atom stereocenters. The maximum absolute atomic E-state index is 10.5. The van der Waals surface area contributed by atoms with E-state index in [2.05, 4.69) is 5.10 Å². The maximum atomic E-state index is 10.5. The zero-order valence-corrected chi connectivity index (χ0v) is 12.6. The van der Waals surface area contributed by atoms with Gasteiger partial charge in [0.1, 0.15) is 12.2 Å². The molecule has 0 bridgehead atoms. The average Bonchev–Trinajstić information content (AvgIpc) is 2.41. The van der Waals surface area contributed by atoms with Gasteiger partial charge in [-0.1, -0.05) is 28.3 Å². The Bertz CT molecular complexity index is 677. The summed E-state index contributed by atoms with van der Waals surface area (Å²) in [4.78, 5) is 10.5. The highest BCUT2D eigenvalue weighted by atomic mass is 35.5. The fourth-order valence-electron chi connectivity index (χ4n) is 1.87. The van der Waals surface area contributed by atoms with Crippen molar-refractivity contribution in [2.45, 2.75) is 19.4 Å². The van der Waals surface area contributed by atoms with E-state index < -0.39 is 5.97 Å². The Morgan fingerprint density at radius 3 is 2.71 bits per heavy atom. The lowest BCUT2D eigenvalue weighted by Gasteiger charge is -2.06. The molecular weight excluding hydrogens is 313 g/mol. The molecular formula is C14H14Cl2N3O2+. The summed E-state index contributed by atoms with van der Waals surface area (Å²) >= 11 is 12.0. The van der Waals surface area contributed by atoms with Gasteiger partial charge in [-0.3, -0.25) is 10.5 Å². The van der Waals surface area contributed by atoms with Crippen LogP contribution in [0.1, 0.15) is 12.8 Å². The fourth-order valence-corrected chi connectivity index (χ4v) is 2.38. The number of aromatic nitrogens is 2. The number of benzene rings is 1. The first-order valence-corrected chi connectivity index (χ1v) is 7.07. The van der Waals surface area contributed by atoms with Gasteiger partial charge in [-0.05, 0) is 30.7 Å². The first-order valence-electron chi connectivity index (χ1n) is 6.31. The summed E-state index contributed by atoms with van der Waals surface area (Å²) in [7, 11) is 0. The molecule has 1 heterocycles. The summed E-state index contributed by atoms with van der Waals surface area (Å²) in [5, 5.41) is 14.1. The molecule has 0 amide bonds. The highest BCUT2D eigenvalue weighted by Crippen LogP contribution is 2.28. The maximum Gasteiger partial charge on any atom is 0.303 e. The highest BCUT2D eigenvalue weighted by Gasteiger charge is 2.12. The second-order valence-electron chi connectivity index (χ2n) is 4.49. The van der Waals surface area contributed by atoms with Gasteiger partial charge < -0.3 is 5.11 Å². The molecule has 1 aromatic heterocycles. The summed E-state index contributed by atoms with van der Waals surface area (Å²) in [5.74, 6) is -0.375. The molecule has 3 N–H and O–H groups in total.